The molecule has 21 heavy (non-hydrogen) atoms. The second-order valence-corrected chi connectivity index (χ2v) is 6.07. The molecule has 0 bridgehead atoms. The van der Waals surface area contributed by atoms with Gasteiger partial charge in [0.15, 0.2) is 0 Å². The van der Waals surface area contributed by atoms with Crippen molar-refractivity contribution >= 4 is 28.2 Å². The maximum Gasteiger partial charge on any atom is 0.341 e. The van der Waals surface area contributed by atoms with Crippen molar-refractivity contribution in [1.29, 1.82) is 0 Å². The zero-order valence-corrected chi connectivity index (χ0v) is 14.1. The second-order valence-electron chi connectivity index (χ2n) is 4.84. The van der Waals surface area contributed by atoms with Crippen molar-refractivity contribution in [2.24, 2.45) is 0 Å². The fraction of sp³-hybridized carbons (Fsp3) is 0.600. The molecule has 0 aliphatic rings. The summed E-state index contributed by atoms with van der Waals surface area (Å²) in [5, 5.41) is 3.38. The predicted molar refractivity (Wildman–Crippen MR) is 84.1 cm³/mol. The van der Waals surface area contributed by atoms with Crippen LogP contribution in [0.15, 0.2) is 0 Å². The normalized spacial score (nSPS) is 12.0. The van der Waals surface area contributed by atoms with Crippen LogP contribution in [0.5, 0.6) is 0 Å². The Labute approximate surface area is 129 Å². The molecule has 1 rings (SSSR count). The summed E-state index contributed by atoms with van der Waals surface area (Å²) in [5.41, 5.74) is 1.33. The van der Waals surface area contributed by atoms with Crippen molar-refractivity contribution in [3.63, 3.8) is 0 Å². The van der Waals surface area contributed by atoms with Crippen LogP contribution in [0.3, 0.4) is 0 Å². The minimum Gasteiger partial charge on any atom is -0.462 e. The van der Waals surface area contributed by atoms with Gasteiger partial charge in [0.1, 0.15) is 5.00 Å². The first kappa shape index (κ1) is 17.7. The third kappa shape index (κ3) is 4.82. The number of carbonyl (C=O) groups is 2. The van der Waals surface area contributed by atoms with Gasteiger partial charge in [-0.2, -0.15) is 0 Å². The number of carbonyl (C=O) groups excluding carboxylic acids is 2. The van der Waals surface area contributed by atoms with E-state index in [1.54, 1.807) is 14.0 Å². The molecule has 118 valence electrons. The number of methoxy groups -OCH3 is 1. The molecule has 0 aromatic carbocycles. The highest BCUT2D eigenvalue weighted by Crippen LogP contribution is 2.33. The van der Waals surface area contributed by atoms with Gasteiger partial charge in [-0.3, -0.25) is 4.79 Å². The van der Waals surface area contributed by atoms with Crippen molar-refractivity contribution in [1.82, 2.24) is 0 Å². The molecule has 0 spiro atoms. The molecule has 6 heteroatoms. The summed E-state index contributed by atoms with van der Waals surface area (Å²) in [4.78, 5) is 25.0. The average Bonchev–Trinajstić information content (AvgIpc) is 2.71. The Bertz CT molecular complexity index is 510. The molecule has 0 saturated heterocycles. The summed E-state index contributed by atoms with van der Waals surface area (Å²) in [6.45, 7) is 7.77. The van der Waals surface area contributed by atoms with Crippen molar-refractivity contribution in [3.05, 3.63) is 16.0 Å². The number of aryl methyl sites for hydroxylation is 1. The van der Waals surface area contributed by atoms with Gasteiger partial charge in [-0.05, 0) is 39.7 Å². The predicted octanol–water partition coefficient (Wildman–Crippen LogP) is 3.30. The van der Waals surface area contributed by atoms with E-state index in [2.05, 4.69) is 5.32 Å². The van der Waals surface area contributed by atoms with Gasteiger partial charge in [0.25, 0.3) is 0 Å². The lowest BCUT2D eigenvalue weighted by molar-refractivity contribution is -0.116. The molecule has 1 heterocycles. The van der Waals surface area contributed by atoms with E-state index in [9.17, 15) is 9.59 Å². The summed E-state index contributed by atoms with van der Waals surface area (Å²) >= 11 is 1.40. The van der Waals surface area contributed by atoms with Gasteiger partial charge in [0, 0.05) is 18.4 Å². The number of hydrogen-bond acceptors (Lipinski definition) is 5. The summed E-state index contributed by atoms with van der Waals surface area (Å²) in [6.07, 6.45) is 1.03. The Morgan fingerprint density at radius 3 is 2.57 bits per heavy atom. The van der Waals surface area contributed by atoms with Crippen LogP contribution in [-0.4, -0.2) is 31.7 Å². The van der Waals surface area contributed by atoms with E-state index in [0.717, 1.165) is 10.4 Å². The highest BCUT2D eigenvalue weighted by atomic mass is 32.1. The third-order valence-electron chi connectivity index (χ3n) is 3.30. The maximum atomic E-state index is 12.0. The second kappa shape index (κ2) is 8.14. The molecule has 0 aliphatic carbocycles. The van der Waals surface area contributed by atoms with Gasteiger partial charge in [-0.15, -0.1) is 11.3 Å². The molecule has 0 saturated carbocycles. The van der Waals surface area contributed by atoms with Gasteiger partial charge in [-0.25, -0.2) is 4.79 Å². The van der Waals surface area contributed by atoms with Crippen LogP contribution in [-0.2, 0) is 14.3 Å². The Morgan fingerprint density at radius 1 is 1.33 bits per heavy atom. The van der Waals surface area contributed by atoms with Gasteiger partial charge in [-0.1, -0.05) is 0 Å². The Balaban J connectivity index is 2.81. The minimum absolute atomic E-state index is 0.0343. The maximum absolute atomic E-state index is 12.0. The monoisotopic (exact) mass is 313 g/mol. The summed E-state index contributed by atoms with van der Waals surface area (Å²) in [5.74, 6) is -0.509. The number of rotatable bonds is 7. The first-order valence-electron chi connectivity index (χ1n) is 7.00. The van der Waals surface area contributed by atoms with Gasteiger partial charge in [0.2, 0.25) is 5.91 Å². The smallest absolute Gasteiger partial charge is 0.341 e. The Hall–Kier alpha value is -1.40. The van der Waals surface area contributed by atoms with Crippen LogP contribution in [0, 0.1) is 13.8 Å². The molecule has 0 fully saturated rings. The number of nitrogens with one attached hydrogen (secondary N) is 1. The summed E-state index contributed by atoms with van der Waals surface area (Å²) in [7, 11) is 1.62. The van der Waals surface area contributed by atoms with Crippen molar-refractivity contribution in [2.45, 2.75) is 46.6 Å². The number of esters is 1. The van der Waals surface area contributed by atoms with Crippen LogP contribution in [0.1, 0.15) is 47.5 Å². The average molecular weight is 313 g/mol. The van der Waals surface area contributed by atoms with E-state index in [0.29, 0.717) is 30.0 Å². The first-order valence-corrected chi connectivity index (χ1v) is 7.82. The fourth-order valence-corrected chi connectivity index (χ4v) is 2.87. The van der Waals surface area contributed by atoms with Crippen molar-refractivity contribution in [2.75, 3.05) is 19.0 Å². The van der Waals surface area contributed by atoms with Crippen LogP contribution in [0.25, 0.3) is 0 Å². The molecular weight excluding hydrogens is 290 g/mol. The lowest BCUT2D eigenvalue weighted by Gasteiger charge is -2.10. The SMILES string of the molecule is CCOC(=O)c1c(NC(=O)CCC(C)OC)sc(C)c1C. The number of thiophene rings is 1. The largest absolute Gasteiger partial charge is 0.462 e. The van der Waals surface area contributed by atoms with Crippen LogP contribution < -0.4 is 5.32 Å². The Morgan fingerprint density at radius 2 is 2.00 bits per heavy atom. The molecule has 5 nitrogen and oxygen atoms in total. The number of hydrogen-bond donors (Lipinski definition) is 1. The molecule has 1 aromatic rings. The topological polar surface area (TPSA) is 64.6 Å². The molecule has 1 aromatic heterocycles. The van der Waals surface area contributed by atoms with Gasteiger partial charge in [0.05, 0.1) is 18.3 Å². The molecular formula is C15H23NO4S. The van der Waals surface area contributed by atoms with E-state index in [1.807, 2.05) is 20.8 Å². The van der Waals surface area contributed by atoms with E-state index < -0.39 is 0 Å². The third-order valence-corrected chi connectivity index (χ3v) is 4.42. The molecule has 1 unspecified atom stereocenters. The summed E-state index contributed by atoms with van der Waals surface area (Å²) < 4.78 is 10.2. The van der Waals surface area contributed by atoms with Gasteiger partial charge < -0.3 is 14.8 Å². The highest BCUT2D eigenvalue weighted by Gasteiger charge is 2.22. The Kier molecular flexibility index (Phi) is 6.84. The lowest BCUT2D eigenvalue weighted by Crippen LogP contribution is -2.16. The van der Waals surface area contributed by atoms with Crippen LogP contribution in [0.2, 0.25) is 0 Å². The van der Waals surface area contributed by atoms with Crippen LogP contribution in [0.4, 0.5) is 5.00 Å². The fourth-order valence-electron chi connectivity index (χ4n) is 1.81. The zero-order chi connectivity index (χ0) is 16.0. The molecule has 1 N–H and O–H groups in total. The number of ether oxygens (including phenoxy) is 2. The van der Waals surface area contributed by atoms with E-state index in [-0.39, 0.29) is 18.0 Å². The van der Waals surface area contributed by atoms with Crippen molar-refractivity contribution in [3.8, 4) is 0 Å². The minimum atomic E-state index is -0.389. The number of amides is 1. The zero-order valence-electron chi connectivity index (χ0n) is 13.2. The molecule has 1 atom stereocenters. The molecule has 0 radical (unpaired) electrons. The molecule has 1 amide bonds. The van der Waals surface area contributed by atoms with E-state index in [1.165, 1.54) is 11.3 Å². The van der Waals surface area contributed by atoms with Crippen molar-refractivity contribution < 1.29 is 19.1 Å². The van der Waals surface area contributed by atoms with Gasteiger partial charge >= 0.3 is 5.97 Å². The highest BCUT2D eigenvalue weighted by molar-refractivity contribution is 7.16. The molecule has 0 aliphatic heterocycles. The standard InChI is InChI=1S/C15H23NO4S/c1-6-20-15(18)13-10(3)11(4)21-14(13)16-12(17)8-7-9(2)19-5/h9H,6-8H2,1-5H3,(H,16,17). The number of anilines is 1. The lowest BCUT2D eigenvalue weighted by atomic mass is 10.1. The summed E-state index contributed by atoms with van der Waals surface area (Å²) in [6, 6.07) is 0. The van der Waals surface area contributed by atoms with Crippen LogP contribution >= 0.6 is 11.3 Å². The quantitative estimate of drug-likeness (QED) is 0.785. The van der Waals surface area contributed by atoms with E-state index in [4.69, 9.17) is 9.47 Å². The van der Waals surface area contributed by atoms with E-state index >= 15 is 0 Å². The first-order chi connectivity index (χ1) is 9.90.